The summed E-state index contributed by atoms with van der Waals surface area (Å²) in [5.74, 6) is 0.291. The molecule has 0 bridgehead atoms. The van der Waals surface area contributed by atoms with Crippen LogP contribution in [-0.2, 0) is 11.8 Å². The van der Waals surface area contributed by atoms with Crippen molar-refractivity contribution in [2.75, 3.05) is 26.8 Å². The summed E-state index contributed by atoms with van der Waals surface area (Å²) in [5.41, 5.74) is 1.19. The maximum Gasteiger partial charge on any atom is 0.263 e. The van der Waals surface area contributed by atoms with E-state index in [1.54, 1.807) is 20.2 Å². The van der Waals surface area contributed by atoms with Gasteiger partial charge in [-0.25, -0.2) is 0 Å². The van der Waals surface area contributed by atoms with E-state index in [2.05, 4.69) is 13.8 Å². The summed E-state index contributed by atoms with van der Waals surface area (Å²) in [5, 5.41) is 0. The predicted molar refractivity (Wildman–Crippen MR) is 88.5 cm³/mol. The zero-order chi connectivity index (χ0) is 17.0. The molecule has 1 aromatic rings. The lowest BCUT2D eigenvalue weighted by molar-refractivity contribution is -0.107. The van der Waals surface area contributed by atoms with E-state index in [4.69, 9.17) is 4.74 Å². The molecule has 2 heterocycles. The van der Waals surface area contributed by atoms with E-state index < -0.39 is 0 Å². The van der Waals surface area contributed by atoms with Crippen molar-refractivity contribution >= 4 is 5.91 Å². The molecular formula is C18H26N2O3. The molecule has 1 amide bonds. The van der Waals surface area contributed by atoms with Crippen LogP contribution in [0.25, 0.3) is 0 Å². The third kappa shape index (κ3) is 2.33. The summed E-state index contributed by atoms with van der Waals surface area (Å²) < 4.78 is 6.97. The van der Waals surface area contributed by atoms with Crippen molar-refractivity contribution in [3.05, 3.63) is 33.7 Å². The first-order valence-electron chi connectivity index (χ1n) is 8.17. The molecule has 0 aromatic carbocycles. The number of nitrogens with zero attached hydrogens (tertiary/aromatic N) is 2. The topological polar surface area (TPSA) is 51.5 Å². The predicted octanol–water partition coefficient (Wildman–Crippen LogP) is 1.83. The van der Waals surface area contributed by atoms with Crippen LogP contribution in [0.2, 0.25) is 0 Å². The summed E-state index contributed by atoms with van der Waals surface area (Å²) in [7, 11) is 3.43. The maximum absolute atomic E-state index is 12.9. The fourth-order valence-electron chi connectivity index (χ4n) is 4.82. The van der Waals surface area contributed by atoms with E-state index in [1.807, 2.05) is 17.9 Å². The highest BCUT2D eigenvalue weighted by atomic mass is 16.5. The van der Waals surface area contributed by atoms with E-state index in [9.17, 15) is 9.59 Å². The van der Waals surface area contributed by atoms with E-state index in [0.29, 0.717) is 25.6 Å². The molecule has 5 nitrogen and oxygen atoms in total. The van der Waals surface area contributed by atoms with Crippen molar-refractivity contribution in [3.8, 4) is 0 Å². The van der Waals surface area contributed by atoms with Crippen molar-refractivity contribution in [2.45, 2.75) is 27.2 Å². The van der Waals surface area contributed by atoms with E-state index in [0.717, 1.165) is 12.1 Å². The van der Waals surface area contributed by atoms with Gasteiger partial charge in [-0.2, -0.15) is 0 Å². The number of hydrogen-bond acceptors (Lipinski definition) is 3. The number of aromatic nitrogens is 1. The highest BCUT2D eigenvalue weighted by molar-refractivity contribution is 5.94. The highest BCUT2D eigenvalue weighted by Gasteiger charge is 2.63. The summed E-state index contributed by atoms with van der Waals surface area (Å²) in [6.07, 6.45) is 1.06. The summed E-state index contributed by atoms with van der Waals surface area (Å²) in [4.78, 5) is 27.1. The molecule has 0 N–H and O–H groups in total. The minimum absolute atomic E-state index is 0.0594. The van der Waals surface area contributed by atoms with Gasteiger partial charge < -0.3 is 14.2 Å². The third-order valence-corrected chi connectivity index (χ3v) is 5.90. The quantitative estimate of drug-likeness (QED) is 0.854. The van der Waals surface area contributed by atoms with Gasteiger partial charge in [0.1, 0.15) is 5.56 Å². The van der Waals surface area contributed by atoms with E-state index in [-0.39, 0.29) is 27.9 Å². The van der Waals surface area contributed by atoms with Gasteiger partial charge in [0.2, 0.25) is 0 Å². The number of carbonyl (C=O) groups is 1. The average molecular weight is 318 g/mol. The van der Waals surface area contributed by atoms with Gasteiger partial charge in [0, 0.05) is 38.4 Å². The lowest BCUT2D eigenvalue weighted by Gasteiger charge is -2.56. The molecule has 1 saturated carbocycles. The Balaban J connectivity index is 1.88. The second kappa shape index (κ2) is 5.20. The van der Waals surface area contributed by atoms with Crippen molar-refractivity contribution in [3.63, 3.8) is 0 Å². The molecule has 5 heteroatoms. The van der Waals surface area contributed by atoms with Gasteiger partial charge in [-0.05, 0) is 36.8 Å². The first-order chi connectivity index (χ1) is 10.7. The molecule has 126 valence electrons. The molecule has 1 aromatic heterocycles. The smallest absolute Gasteiger partial charge is 0.263 e. The average Bonchev–Trinajstić information content (AvgIpc) is 2.79. The molecular weight excluding hydrogens is 292 g/mol. The highest BCUT2D eigenvalue weighted by Crippen LogP contribution is 2.62. The van der Waals surface area contributed by atoms with Gasteiger partial charge >= 0.3 is 0 Å². The number of rotatable bonds is 3. The molecule has 1 aliphatic heterocycles. The Morgan fingerprint density at radius 3 is 2.70 bits per heavy atom. The number of hydrogen-bond donors (Lipinski definition) is 0. The van der Waals surface area contributed by atoms with Crippen LogP contribution in [0.5, 0.6) is 0 Å². The first-order valence-corrected chi connectivity index (χ1v) is 8.17. The van der Waals surface area contributed by atoms with Gasteiger partial charge in [-0.1, -0.05) is 13.8 Å². The largest absolute Gasteiger partial charge is 0.384 e. The van der Waals surface area contributed by atoms with Crippen LogP contribution in [0, 0.1) is 23.7 Å². The first kappa shape index (κ1) is 16.2. The number of likely N-dealkylation sites (tertiary alicyclic amines) is 1. The lowest BCUT2D eigenvalue weighted by atomic mass is 9.48. The number of methoxy groups -OCH3 is 1. The molecule has 23 heavy (non-hydrogen) atoms. The molecule has 1 saturated heterocycles. The third-order valence-electron chi connectivity index (χ3n) is 5.90. The summed E-state index contributed by atoms with van der Waals surface area (Å²) >= 11 is 0. The van der Waals surface area contributed by atoms with Gasteiger partial charge in [-0.3, -0.25) is 9.59 Å². The fourth-order valence-corrected chi connectivity index (χ4v) is 4.82. The number of amides is 1. The van der Waals surface area contributed by atoms with Gasteiger partial charge in [0.05, 0.1) is 6.61 Å². The second-order valence-electron chi connectivity index (χ2n) is 7.95. The number of fused-ring (bicyclic) bond motifs is 1. The van der Waals surface area contributed by atoms with E-state index in [1.165, 1.54) is 4.57 Å². The molecule has 2 atom stereocenters. The molecule has 3 rings (SSSR count). The number of pyridine rings is 1. The SMILES string of the molecule is COC[C@@]12CN(C(=O)c3ccc(C)n(C)c3=O)C[C@@H]1C(C)(C)C2. The van der Waals surface area contributed by atoms with Crippen molar-refractivity contribution in [1.82, 2.24) is 9.47 Å². The monoisotopic (exact) mass is 318 g/mol. The molecule has 0 radical (unpaired) electrons. The Morgan fingerprint density at radius 2 is 2.09 bits per heavy atom. The van der Waals surface area contributed by atoms with Crippen LogP contribution < -0.4 is 5.56 Å². The number of carbonyl (C=O) groups excluding carboxylic acids is 1. The van der Waals surface area contributed by atoms with Crippen molar-refractivity contribution < 1.29 is 9.53 Å². The molecule has 2 aliphatic rings. The maximum atomic E-state index is 12.9. The van der Waals surface area contributed by atoms with Crippen LogP contribution in [0.1, 0.15) is 36.3 Å². The van der Waals surface area contributed by atoms with Crippen LogP contribution in [0.3, 0.4) is 0 Å². The zero-order valence-corrected chi connectivity index (χ0v) is 14.7. The molecule has 0 spiro atoms. The number of aryl methyl sites for hydroxylation is 1. The lowest BCUT2D eigenvalue weighted by Crippen LogP contribution is -2.55. The van der Waals surface area contributed by atoms with Gasteiger partial charge in [-0.15, -0.1) is 0 Å². The fraction of sp³-hybridized carbons (Fsp3) is 0.667. The molecule has 2 fully saturated rings. The Hall–Kier alpha value is -1.62. The Kier molecular flexibility index (Phi) is 3.67. The van der Waals surface area contributed by atoms with Gasteiger partial charge in [0.15, 0.2) is 0 Å². The molecule has 1 aliphatic carbocycles. The summed E-state index contributed by atoms with van der Waals surface area (Å²) in [6, 6.07) is 3.49. The van der Waals surface area contributed by atoms with Crippen LogP contribution in [0.15, 0.2) is 16.9 Å². The Labute approximate surface area is 137 Å². The van der Waals surface area contributed by atoms with E-state index >= 15 is 0 Å². The van der Waals surface area contributed by atoms with Crippen molar-refractivity contribution in [2.24, 2.45) is 23.8 Å². The normalized spacial score (nSPS) is 28.4. The van der Waals surface area contributed by atoms with Crippen molar-refractivity contribution in [1.29, 1.82) is 0 Å². The van der Waals surface area contributed by atoms with Crippen LogP contribution in [0.4, 0.5) is 0 Å². The van der Waals surface area contributed by atoms with Crippen LogP contribution in [-0.4, -0.2) is 42.2 Å². The minimum Gasteiger partial charge on any atom is -0.384 e. The minimum atomic E-state index is -0.214. The van der Waals surface area contributed by atoms with Gasteiger partial charge in [0.25, 0.3) is 11.5 Å². The zero-order valence-electron chi connectivity index (χ0n) is 14.7. The number of ether oxygens (including phenoxy) is 1. The Morgan fingerprint density at radius 1 is 1.39 bits per heavy atom. The second-order valence-corrected chi connectivity index (χ2v) is 7.95. The summed E-state index contributed by atoms with van der Waals surface area (Å²) in [6.45, 7) is 8.45. The Bertz CT molecular complexity index is 707. The van der Waals surface area contributed by atoms with Crippen LogP contribution >= 0.6 is 0 Å². The molecule has 0 unspecified atom stereocenters. The standard InChI is InChI=1S/C18H26N2O3/c1-12-6-7-13(15(21)19(12)4)16(22)20-8-14-17(2,3)9-18(14,10-20)11-23-5/h6-7,14H,8-11H2,1-5H3/t14-,18-/m1/s1.